The van der Waals surface area contributed by atoms with Crippen molar-refractivity contribution in [3.8, 4) is 11.3 Å². The number of benzene rings is 3. The molecule has 0 saturated heterocycles. The minimum atomic E-state index is -3.33. The van der Waals surface area contributed by atoms with Gasteiger partial charge < -0.3 is 0 Å². The number of aromatic nitrogens is 2. The SMILES string of the molecule is Cc1ccccc1-c1cc(C(=O)Nc2nc3ccc(S(C)(=O)=O)cc3s2)c2ccccc2n1. The second-order valence-electron chi connectivity index (χ2n) is 7.76. The molecule has 0 spiro atoms. The van der Waals surface area contributed by atoms with Gasteiger partial charge in [-0.05, 0) is 42.8 Å². The number of aryl methyl sites for hydroxylation is 1. The van der Waals surface area contributed by atoms with Crippen LogP contribution in [0.4, 0.5) is 5.13 Å². The molecule has 6 nitrogen and oxygen atoms in total. The zero-order valence-corrected chi connectivity index (χ0v) is 19.5. The van der Waals surface area contributed by atoms with Crippen molar-refractivity contribution in [2.24, 2.45) is 0 Å². The van der Waals surface area contributed by atoms with Crippen LogP contribution in [0.2, 0.25) is 0 Å². The molecular weight excluding hydrogens is 454 g/mol. The lowest BCUT2D eigenvalue weighted by Gasteiger charge is -2.11. The maximum atomic E-state index is 13.3. The minimum absolute atomic E-state index is 0.222. The van der Waals surface area contributed by atoms with Gasteiger partial charge in [-0.2, -0.15) is 0 Å². The number of pyridine rings is 1. The molecule has 0 aliphatic carbocycles. The molecule has 8 heteroatoms. The Bertz CT molecular complexity index is 1660. The van der Waals surface area contributed by atoms with E-state index in [9.17, 15) is 13.2 Å². The predicted octanol–water partition coefficient (Wildman–Crippen LogP) is 5.48. The van der Waals surface area contributed by atoms with Gasteiger partial charge >= 0.3 is 0 Å². The van der Waals surface area contributed by atoms with Gasteiger partial charge in [-0.15, -0.1) is 0 Å². The molecule has 1 amide bonds. The zero-order valence-electron chi connectivity index (χ0n) is 17.9. The lowest BCUT2D eigenvalue weighted by atomic mass is 10.0. The molecule has 33 heavy (non-hydrogen) atoms. The normalized spacial score (nSPS) is 11.7. The van der Waals surface area contributed by atoms with Gasteiger partial charge in [-0.25, -0.2) is 18.4 Å². The largest absolute Gasteiger partial charge is 0.298 e. The van der Waals surface area contributed by atoms with E-state index in [4.69, 9.17) is 4.98 Å². The Morgan fingerprint density at radius 2 is 1.67 bits per heavy atom. The Morgan fingerprint density at radius 3 is 2.45 bits per heavy atom. The number of carbonyl (C=O) groups is 1. The lowest BCUT2D eigenvalue weighted by Crippen LogP contribution is -2.13. The van der Waals surface area contributed by atoms with Crippen LogP contribution in [0.25, 0.3) is 32.4 Å². The summed E-state index contributed by atoms with van der Waals surface area (Å²) in [4.78, 5) is 22.8. The summed E-state index contributed by atoms with van der Waals surface area (Å²) in [5.41, 5.74) is 4.60. The molecule has 2 heterocycles. The van der Waals surface area contributed by atoms with Gasteiger partial charge in [0.05, 0.1) is 31.9 Å². The molecule has 1 N–H and O–H groups in total. The van der Waals surface area contributed by atoms with E-state index in [-0.39, 0.29) is 10.8 Å². The molecule has 0 radical (unpaired) electrons. The number of rotatable bonds is 4. The van der Waals surface area contributed by atoms with E-state index >= 15 is 0 Å². The third-order valence-corrected chi connectivity index (χ3v) is 7.43. The highest BCUT2D eigenvalue weighted by Gasteiger charge is 2.17. The van der Waals surface area contributed by atoms with Crippen LogP contribution in [0, 0.1) is 6.92 Å². The fraction of sp³-hybridized carbons (Fsp3) is 0.0800. The number of fused-ring (bicyclic) bond motifs is 2. The quantitative estimate of drug-likeness (QED) is 0.374. The molecule has 0 bridgehead atoms. The summed E-state index contributed by atoms with van der Waals surface area (Å²) >= 11 is 1.24. The van der Waals surface area contributed by atoms with Gasteiger partial charge in [-0.3, -0.25) is 10.1 Å². The Kier molecular flexibility index (Phi) is 5.19. The number of hydrogen-bond donors (Lipinski definition) is 1. The summed E-state index contributed by atoms with van der Waals surface area (Å²) in [6.07, 6.45) is 1.17. The summed E-state index contributed by atoms with van der Waals surface area (Å²) in [6.45, 7) is 2.01. The van der Waals surface area contributed by atoms with Crippen LogP contribution in [0.15, 0.2) is 77.7 Å². The molecule has 5 rings (SSSR count). The van der Waals surface area contributed by atoms with Gasteiger partial charge in [0.1, 0.15) is 0 Å². The fourth-order valence-electron chi connectivity index (χ4n) is 3.72. The second-order valence-corrected chi connectivity index (χ2v) is 10.8. The summed E-state index contributed by atoms with van der Waals surface area (Å²) in [6, 6.07) is 22.0. The van der Waals surface area contributed by atoms with E-state index < -0.39 is 9.84 Å². The van der Waals surface area contributed by atoms with Gasteiger partial charge in [0.2, 0.25) is 0 Å². The average molecular weight is 474 g/mol. The molecule has 0 atom stereocenters. The summed E-state index contributed by atoms with van der Waals surface area (Å²) in [5, 5.41) is 4.03. The average Bonchev–Trinajstić information content (AvgIpc) is 3.19. The Labute approximate surface area is 194 Å². The summed E-state index contributed by atoms with van der Waals surface area (Å²) in [5.74, 6) is -0.300. The van der Waals surface area contributed by atoms with E-state index in [1.54, 1.807) is 18.2 Å². The lowest BCUT2D eigenvalue weighted by molar-refractivity contribution is 0.102. The maximum absolute atomic E-state index is 13.3. The van der Waals surface area contributed by atoms with Gasteiger partial charge in [0.15, 0.2) is 15.0 Å². The first-order chi connectivity index (χ1) is 15.8. The molecule has 164 valence electrons. The third-order valence-electron chi connectivity index (χ3n) is 5.39. The molecule has 0 unspecified atom stereocenters. The molecule has 0 fully saturated rings. The van der Waals surface area contributed by atoms with Crippen molar-refractivity contribution in [1.29, 1.82) is 0 Å². The monoisotopic (exact) mass is 473 g/mol. The van der Waals surface area contributed by atoms with Crippen LogP contribution in [0.3, 0.4) is 0 Å². The van der Waals surface area contributed by atoms with Gasteiger partial charge in [0.25, 0.3) is 5.91 Å². The van der Waals surface area contributed by atoms with Crippen molar-refractivity contribution in [3.63, 3.8) is 0 Å². The van der Waals surface area contributed by atoms with Crippen molar-refractivity contribution in [2.75, 3.05) is 11.6 Å². The number of anilines is 1. The zero-order chi connectivity index (χ0) is 23.2. The first-order valence-electron chi connectivity index (χ1n) is 10.2. The van der Waals surface area contributed by atoms with E-state index in [1.165, 1.54) is 23.7 Å². The molecule has 2 aromatic heterocycles. The number of sulfone groups is 1. The van der Waals surface area contributed by atoms with Crippen LogP contribution in [0.1, 0.15) is 15.9 Å². The van der Waals surface area contributed by atoms with Gasteiger partial charge in [-0.1, -0.05) is 53.8 Å². The number of nitrogens with zero attached hydrogens (tertiary/aromatic N) is 2. The molecule has 5 aromatic rings. The highest BCUT2D eigenvalue weighted by atomic mass is 32.2. The first kappa shape index (κ1) is 21.2. The van der Waals surface area contributed by atoms with Crippen LogP contribution in [-0.2, 0) is 9.84 Å². The third kappa shape index (κ3) is 4.10. The second kappa shape index (κ2) is 8.06. The minimum Gasteiger partial charge on any atom is -0.298 e. The van der Waals surface area contributed by atoms with Crippen molar-refractivity contribution in [2.45, 2.75) is 11.8 Å². The van der Waals surface area contributed by atoms with E-state index in [0.717, 1.165) is 27.7 Å². The highest BCUT2D eigenvalue weighted by molar-refractivity contribution is 7.90. The molecular formula is C25H19N3O3S2. The van der Waals surface area contributed by atoms with Crippen molar-refractivity contribution >= 4 is 53.3 Å². The number of carbonyl (C=O) groups excluding carboxylic acids is 1. The van der Waals surface area contributed by atoms with Crippen molar-refractivity contribution < 1.29 is 13.2 Å². The predicted molar refractivity (Wildman–Crippen MR) is 133 cm³/mol. The maximum Gasteiger partial charge on any atom is 0.258 e. The van der Waals surface area contributed by atoms with Crippen LogP contribution >= 0.6 is 11.3 Å². The van der Waals surface area contributed by atoms with Crippen LogP contribution in [-0.4, -0.2) is 30.5 Å². The Morgan fingerprint density at radius 1 is 0.909 bits per heavy atom. The summed E-state index contributed by atoms with van der Waals surface area (Å²) in [7, 11) is -3.33. The number of amides is 1. The Balaban J connectivity index is 1.56. The van der Waals surface area contributed by atoms with Crippen LogP contribution in [0.5, 0.6) is 0 Å². The number of nitrogens with one attached hydrogen (secondary N) is 1. The smallest absolute Gasteiger partial charge is 0.258 e. The van der Waals surface area contributed by atoms with Crippen molar-refractivity contribution in [3.05, 3.63) is 83.9 Å². The van der Waals surface area contributed by atoms with E-state index in [1.807, 2.05) is 55.5 Å². The molecule has 0 aliphatic heterocycles. The number of thiazole rings is 1. The molecule has 0 saturated carbocycles. The van der Waals surface area contributed by atoms with Crippen LogP contribution < -0.4 is 5.32 Å². The first-order valence-corrected chi connectivity index (χ1v) is 12.9. The standard InChI is InChI=1S/C25H19N3O3S2/c1-15-7-3-4-8-17(15)22-14-19(18-9-5-6-10-20(18)26-22)24(29)28-25-27-21-12-11-16(33(2,30)31)13-23(21)32-25/h3-14H,1-2H3,(H,27,28,29). The van der Waals surface area contributed by atoms with E-state index in [0.29, 0.717) is 20.9 Å². The van der Waals surface area contributed by atoms with E-state index in [2.05, 4.69) is 10.3 Å². The summed E-state index contributed by atoms with van der Waals surface area (Å²) < 4.78 is 24.4. The number of hydrogen-bond acceptors (Lipinski definition) is 6. The van der Waals surface area contributed by atoms with Crippen molar-refractivity contribution in [1.82, 2.24) is 9.97 Å². The fourth-order valence-corrected chi connectivity index (χ4v) is 5.34. The highest BCUT2D eigenvalue weighted by Crippen LogP contribution is 2.30. The molecule has 0 aliphatic rings. The number of para-hydroxylation sites is 1. The van der Waals surface area contributed by atoms with Gasteiger partial charge in [0, 0.05) is 17.2 Å². The molecule has 3 aromatic carbocycles. The topological polar surface area (TPSA) is 89.0 Å². The Hall–Kier alpha value is -3.62.